The smallest absolute Gasteiger partial charge is 0.319 e. The van der Waals surface area contributed by atoms with Gasteiger partial charge in [-0.15, -0.1) is 0 Å². The highest BCUT2D eigenvalue weighted by molar-refractivity contribution is 5.89. The summed E-state index contributed by atoms with van der Waals surface area (Å²) in [5.41, 5.74) is 1.29. The minimum absolute atomic E-state index is 0.0304. The molecular weight excluding hydrogens is 248 g/mol. The van der Waals surface area contributed by atoms with Gasteiger partial charge in [0.05, 0.1) is 19.1 Å². The van der Waals surface area contributed by atoms with Crippen LogP contribution in [0.1, 0.15) is 12.5 Å². The molecular formula is C13H18N2O4. The van der Waals surface area contributed by atoms with E-state index in [4.69, 9.17) is 9.84 Å². The first-order valence-corrected chi connectivity index (χ1v) is 5.88. The van der Waals surface area contributed by atoms with Crippen LogP contribution in [0.3, 0.4) is 0 Å². The number of methoxy groups -OCH3 is 1. The van der Waals surface area contributed by atoms with Crippen molar-refractivity contribution in [3.05, 3.63) is 29.8 Å². The third-order valence-electron chi connectivity index (χ3n) is 2.36. The van der Waals surface area contributed by atoms with E-state index in [1.807, 2.05) is 6.92 Å². The van der Waals surface area contributed by atoms with Gasteiger partial charge in [-0.3, -0.25) is 4.79 Å². The summed E-state index contributed by atoms with van der Waals surface area (Å²) in [6.07, 6.45) is -0.0304. The number of anilines is 1. The minimum Gasteiger partial charge on any atom is -0.481 e. The molecule has 0 saturated heterocycles. The second-order valence-corrected chi connectivity index (χ2v) is 4.22. The van der Waals surface area contributed by atoms with Gasteiger partial charge in [-0.1, -0.05) is 12.1 Å². The van der Waals surface area contributed by atoms with Crippen LogP contribution in [0.15, 0.2) is 24.3 Å². The predicted octanol–water partition coefficient (Wildman–Crippen LogP) is 1.47. The highest BCUT2D eigenvalue weighted by atomic mass is 16.5. The van der Waals surface area contributed by atoms with Gasteiger partial charge in [-0.2, -0.15) is 0 Å². The zero-order chi connectivity index (χ0) is 14.3. The summed E-state index contributed by atoms with van der Waals surface area (Å²) in [5.74, 6) is -0.883. The Morgan fingerprint density at radius 2 is 1.95 bits per heavy atom. The molecule has 0 saturated carbocycles. The maximum absolute atomic E-state index is 11.6. The summed E-state index contributed by atoms with van der Waals surface area (Å²) in [5, 5.41) is 14.0. The molecule has 0 fully saturated rings. The monoisotopic (exact) mass is 266 g/mol. The lowest BCUT2D eigenvalue weighted by Crippen LogP contribution is -2.38. The van der Waals surface area contributed by atoms with Crippen molar-refractivity contribution in [2.75, 3.05) is 19.0 Å². The van der Waals surface area contributed by atoms with Gasteiger partial charge < -0.3 is 20.5 Å². The molecule has 0 aliphatic carbocycles. The van der Waals surface area contributed by atoms with Gasteiger partial charge in [0.2, 0.25) is 0 Å². The third-order valence-corrected chi connectivity index (χ3v) is 2.36. The summed E-state index contributed by atoms with van der Waals surface area (Å²) in [7, 11) is 1.57. The Labute approximate surface area is 111 Å². The molecule has 1 aromatic carbocycles. The Hall–Kier alpha value is -2.08. The molecule has 0 aliphatic heterocycles. The largest absolute Gasteiger partial charge is 0.481 e. The van der Waals surface area contributed by atoms with Crippen LogP contribution in [0, 0.1) is 0 Å². The second kappa shape index (κ2) is 7.38. The van der Waals surface area contributed by atoms with Gasteiger partial charge in [0.15, 0.2) is 0 Å². The predicted molar refractivity (Wildman–Crippen MR) is 71.3 cm³/mol. The fraction of sp³-hybridized carbons (Fsp3) is 0.385. The molecule has 0 heterocycles. The van der Waals surface area contributed by atoms with Crippen molar-refractivity contribution < 1.29 is 19.4 Å². The van der Waals surface area contributed by atoms with Crippen LogP contribution in [0.4, 0.5) is 10.5 Å². The van der Waals surface area contributed by atoms with Crippen molar-refractivity contribution in [1.82, 2.24) is 5.32 Å². The molecule has 6 nitrogen and oxygen atoms in total. The van der Waals surface area contributed by atoms with Crippen LogP contribution >= 0.6 is 0 Å². The summed E-state index contributed by atoms with van der Waals surface area (Å²) in [4.78, 5) is 22.1. The van der Waals surface area contributed by atoms with Gasteiger partial charge >= 0.3 is 12.0 Å². The molecule has 0 aromatic heterocycles. The van der Waals surface area contributed by atoms with Crippen LogP contribution in [0.5, 0.6) is 0 Å². The zero-order valence-corrected chi connectivity index (χ0v) is 11.0. The van der Waals surface area contributed by atoms with Crippen LogP contribution in [-0.4, -0.2) is 36.9 Å². The number of carboxylic acid groups (broad SMARTS) is 1. The number of aliphatic carboxylic acids is 1. The molecule has 0 aliphatic rings. The Morgan fingerprint density at radius 3 is 2.47 bits per heavy atom. The Bertz CT molecular complexity index is 431. The lowest BCUT2D eigenvalue weighted by atomic mass is 10.1. The van der Waals surface area contributed by atoms with Crippen LogP contribution in [-0.2, 0) is 16.0 Å². The lowest BCUT2D eigenvalue weighted by Gasteiger charge is -2.13. The number of rotatable bonds is 6. The van der Waals surface area contributed by atoms with Gasteiger partial charge in [0, 0.05) is 12.8 Å². The normalized spacial score (nSPS) is 11.7. The van der Waals surface area contributed by atoms with Crippen LogP contribution in [0.2, 0.25) is 0 Å². The summed E-state index contributed by atoms with van der Waals surface area (Å²) in [6, 6.07) is 6.26. The van der Waals surface area contributed by atoms with Crippen molar-refractivity contribution >= 4 is 17.7 Å². The quantitative estimate of drug-likeness (QED) is 0.727. The number of carbonyl (C=O) groups is 2. The first-order chi connectivity index (χ1) is 9.01. The highest BCUT2D eigenvalue weighted by Crippen LogP contribution is 2.10. The number of urea groups is 1. The number of hydrogen-bond donors (Lipinski definition) is 3. The fourth-order valence-electron chi connectivity index (χ4n) is 1.56. The van der Waals surface area contributed by atoms with E-state index in [0.29, 0.717) is 17.9 Å². The third kappa shape index (κ3) is 5.87. The zero-order valence-electron chi connectivity index (χ0n) is 11.0. The highest BCUT2D eigenvalue weighted by Gasteiger charge is 2.07. The van der Waals surface area contributed by atoms with Gasteiger partial charge in [0.1, 0.15) is 0 Å². The molecule has 19 heavy (non-hydrogen) atoms. The van der Waals surface area contributed by atoms with E-state index in [1.165, 1.54) is 0 Å². The fourth-order valence-corrected chi connectivity index (χ4v) is 1.56. The molecule has 2 amide bonds. The summed E-state index contributed by atoms with van der Waals surface area (Å²) >= 11 is 0. The number of hydrogen-bond acceptors (Lipinski definition) is 3. The number of amides is 2. The van der Waals surface area contributed by atoms with Gasteiger partial charge in [0.25, 0.3) is 0 Å². The Morgan fingerprint density at radius 1 is 1.32 bits per heavy atom. The maximum atomic E-state index is 11.6. The van der Waals surface area contributed by atoms with Crippen molar-refractivity contribution in [3.8, 4) is 0 Å². The van der Waals surface area contributed by atoms with Gasteiger partial charge in [-0.05, 0) is 24.6 Å². The van der Waals surface area contributed by atoms with E-state index < -0.39 is 5.97 Å². The lowest BCUT2D eigenvalue weighted by molar-refractivity contribution is -0.136. The average Bonchev–Trinajstić information content (AvgIpc) is 2.31. The topological polar surface area (TPSA) is 87.7 Å². The number of carbonyl (C=O) groups excluding carboxylic acids is 1. The maximum Gasteiger partial charge on any atom is 0.319 e. The van der Waals surface area contributed by atoms with Crippen LogP contribution in [0.25, 0.3) is 0 Å². The minimum atomic E-state index is -0.883. The number of carboxylic acids is 1. The van der Waals surface area contributed by atoms with Crippen molar-refractivity contribution in [3.63, 3.8) is 0 Å². The van der Waals surface area contributed by atoms with E-state index in [2.05, 4.69) is 10.6 Å². The van der Waals surface area contributed by atoms with E-state index in [9.17, 15) is 9.59 Å². The molecule has 0 spiro atoms. The standard InChI is InChI=1S/C13H18N2O4/c1-9(8-19-2)14-13(18)15-11-5-3-10(4-6-11)7-12(16)17/h3-6,9H,7-8H2,1-2H3,(H,16,17)(H2,14,15,18). The molecule has 3 N–H and O–H groups in total. The van der Waals surface area contributed by atoms with E-state index in [0.717, 1.165) is 0 Å². The molecule has 104 valence electrons. The number of ether oxygens (including phenoxy) is 1. The SMILES string of the molecule is COCC(C)NC(=O)Nc1ccc(CC(=O)O)cc1. The van der Waals surface area contributed by atoms with Gasteiger partial charge in [-0.25, -0.2) is 4.79 Å². The molecule has 1 atom stereocenters. The number of nitrogens with one attached hydrogen (secondary N) is 2. The molecule has 6 heteroatoms. The molecule has 1 aromatic rings. The van der Waals surface area contributed by atoms with Crippen molar-refractivity contribution in [2.24, 2.45) is 0 Å². The second-order valence-electron chi connectivity index (χ2n) is 4.22. The average molecular weight is 266 g/mol. The molecule has 1 rings (SSSR count). The van der Waals surface area contributed by atoms with E-state index in [1.54, 1.807) is 31.4 Å². The summed E-state index contributed by atoms with van der Waals surface area (Å²) < 4.78 is 4.91. The molecule has 0 bridgehead atoms. The molecule has 1 unspecified atom stereocenters. The number of benzene rings is 1. The van der Waals surface area contributed by atoms with Crippen molar-refractivity contribution in [1.29, 1.82) is 0 Å². The molecule has 0 radical (unpaired) electrons. The first kappa shape index (κ1) is 15.0. The van der Waals surface area contributed by atoms with E-state index in [-0.39, 0.29) is 18.5 Å². The summed E-state index contributed by atoms with van der Waals surface area (Å²) in [6.45, 7) is 2.27. The van der Waals surface area contributed by atoms with E-state index >= 15 is 0 Å². The Balaban J connectivity index is 2.48. The Kier molecular flexibility index (Phi) is 5.81. The van der Waals surface area contributed by atoms with Crippen LogP contribution < -0.4 is 10.6 Å². The van der Waals surface area contributed by atoms with Crippen molar-refractivity contribution in [2.45, 2.75) is 19.4 Å². The first-order valence-electron chi connectivity index (χ1n) is 5.88.